The van der Waals surface area contributed by atoms with E-state index in [1.54, 1.807) is 13.8 Å². The summed E-state index contributed by atoms with van der Waals surface area (Å²) in [7, 11) is -3.13. The Hall–Kier alpha value is -1.25. The Labute approximate surface area is 135 Å². The lowest BCUT2D eigenvalue weighted by Gasteiger charge is -2.09. The van der Waals surface area contributed by atoms with Crippen LogP contribution in [-0.4, -0.2) is 35.5 Å². The Balaban J connectivity index is 1.65. The fourth-order valence-electron chi connectivity index (χ4n) is 1.98. The van der Waals surface area contributed by atoms with E-state index in [2.05, 4.69) is 18.8 Å². The summed E-state index contributed by atoms with van der Waals surface area (Å²) >= 11 is 1.22. The molecule has 8 heteroatoms. The van der Waals surface area contributed by atoms with Gasteiger partial charge in [0.2, 0.25) is 10.0 Å². The van der Waals surface area contributed by atoms with E-state index in [1.807, 2.05) is 18.2 Å². The monoisotopic (exact) mass is 342 g/mol. The van der Waals surface area contributed by atoms with Crippen LogP contribution in [0.5, 0.6) is 0 Å². The van der Waals surface area contributed by atoms with Gasteiger partial charge in [-0.3, -0.25) is 0 Å². The molecule has 0 spiro atoms. The van der Waals surface area contributed by atoms with Crippen molar-refractivity contribution in [2.24, 2.45) is 0 Å². The molecule has 0 aliphatic rings. The highest BCUT2D eigenvalue weighted by atomic mass is 32.2. The fourth-order valence-corrected chi connectivity index (χ4v) is 3.29. The second kappa shape index (κ2) is 7.85. The third kappa shape index (κ3) is 4.62. The van der Waals surface area contributed by atoms with Crippen LogP contribution in [0.15, 0.2) is 18.2 Å². The zero-order valence-corrected chi connectivity index (χ0v) is 14.5. The summed E-state index contributed by atoms with van der Waals surface area (Å²) in [5.41, 5.74) is 2.84. The Bertz CT molecular complexity index is 698. The Morgan fingerprint density at radius 2 is 1.91 bits per heavy atom. The van der Waals surface area contributed by atoms with Crippen LogP contribution in [-0.2, 0) is 10.0 Å². The van der Waals surface area contributed by atoms with Crippen LogP contribution >= 0.6 is 11.7 Å². The summed E-state index contributed by atoms with van der Waals surface area (Å²) in [5.74, 6) is 0. The molecule has 0 aliphatic heterocycles. The number of hydrogen-bond acceptors (Lipinski definition) is 6. The Morgan fingerprint density at radius 1 is 1.14 bits per heavy atom. The Kier molecular flexibility index (Phi) is 6.10. The van der Waals surface area contributed by atoms with E-state index >= 15 is 0 Å². The van der Waals surface area contributed by atoms with Gasteiger partial charge in [0.05, 0.1) is 22.7 Å². The van der Waals surface area contributed by atoms with Crippen LogP contribution in [0.2, 0.25) is 0 Å². The minimum atomic E-state index is -3.13. The van der Waals surface area contributed by atoms with E-state index in [4.69, 9.17) is 0 Å². The highest BCUT2D eigenvalue weighted by Crippen LogP contribution is 2.20. The van der Waals surface area contributed by atoms with Gasteiger partial charge >= 0.3 is 0 Å². The quantitative estimate of drug-likeness (QED) is 0.684. The number of rotatable bonds is 9. The molecule has 0 atom stereocenters. The van der Waals surface area contributed by atoms with Gasteiger partial charge in [0.15, 0.2) is 0 Å². The standard InChI is InChI=1S/C14H22N4O2S2/c1-11(2)22(19,20)16-10-5-3-4-9-15-12-7-6-8-13-14(12)18-21-17-13/h6-8,11,15-16H,3-5,9-10H2,1-2H3. The third-order valence-corrected chi connectivity index (χ3v) is 5.77. The maximum Gasteiger partial charge on any atom is 0.213 e. The number of hydrogen-bond donors (Lipinski definition) is 2. The molecule has 0 amide bonds. The number of sulfonamides is 1. The van der Waals surface area contributed by atoms with Gasteiger partial charge in [0.1, 0.15) is 11.0 Å². The van der Waals surface area contributed by atoms with Gasteiger partial charge < -0.3 is 5.32 Å². The first-order valence-electron chi connectivity index (χ1n) is 7.44. The largest absolute Gasteiger partial charge is 0.383 e. The SMILES string of the molecule is CC(C)S(=O)(=O)NCCCCCNc1cccc2nsnc12. The van der Waals surface area contributed by atoms with Crippen molar-refractivity contribution in [3.63, 3.8) is 0 Å². The number of nitrogens with one attached hydrogen (secondary N) is 2. The second-order valence-corrected chi connectivity index (χ2v) is 8.26. The summed E-state index contributed by atoms with van der Waals surface area (Å²) in [4.78, 5) is 0. The Morgan fingerprint density at radius 3 is 2.68 bits per heavy atom. The lowest BCUT2D eigenvalue weighted by molar-refractivity contribution is 0.566. The predicted molar refractivity (Wildman–Crippen MR) is 91.8 cm³/mol. The highest BCUT2D eigenvalue weighted by Gasteiger charge is 2.13. The van der Waals surface area contributed by atoms with Gasteiger partial charge in [-0.2, -0.15) is 8.75 Å². The van der Waals surface area contributed by atoms with Crippen molar-refractivity contribution in [2.45, 2.75) is 38.4 Å². The van der Waals surface area contributed by atoms with Crippen molar-refractivity contribution in [1.82, 2.24) is 13.5 Å². The van der Waals surface area contributed by atoms with Crippen molar-refractivity contribution >= 4 is 38.5 Å². The molecule has 0 unspecified atom stereocenters. The van der Waals surface area contributed by atoms with Crippen LogP contribution in [0, 0.1) is 0 Å². The topological polar surface area (TPSA) is 84.0 Å². The maximum atomic E-state index is 11.6. The maximum absolute atomic E-state index is 11.6. The molecule has 0 fully saturated rings. The second-order valence-electron chi connectivity index (χ2n) is 5.41. The molecule has 2 rings (SSSR count). The normalized spacial score (nSPS) is 12.1. The fraction of sp³-hybridized carbons (Fsp3) is 0.571. The van der Waals surface area contributed by atoms with E-state index in [0.29, 0.717) is 6.54 Å². The van der Waals surface area contributed by atoms with Crippen LogP contribution in [0.25, 0.3) is 11.0 Å². The van der Waals surface area contributed by atoms with Gasteiger partial charge in [-0.15, -0.1) is 0 Å². The number of anilines is 1. The minimum absolute atomic E-state index is 0.374. The number of benzene rings is 1. The molecule has 0 bridgehead atoms. The van der Waals surface area contributed by atoms with Gasteiger partial charge in [0.25, 0.3) is 0 Å². The first-order chi connectivity index (χ1) is 10.5. The molecule has 0 saturated heterocycles. The lowest BCUT2D eigenvalue weighted by Crippen LogP contribution is -2.31. The lowest BCUT2D eigenvalue weighted by atomic mass is 10.2. The highest BCUT2D eigenvalue weighted by molar-refractivity contribution is 7.90. The summed E-state index contributed by atoms with van der Waals surface area (Å²) in [6, 6.07) is 5.91. The molecule has 2 aromatic rings. The average Bonchev–Trinajstić information content (AvgIpc) is 2.95. The zero-order chi connectivity index (χ0) is 16.0. The summed E-state index contributed by atoms with van der Waals surface area (Å²) in [6.07, 6.45) is 2.80. The molecule has 0 aliphatic carbocycles. The number of fused-ring (bicyclic) bond motifs is 1. The van der Waals surface area contributed by atoms with Crippen molar-refractivity contribution in [3.8, 4) is 0 Å². The number of aromatic nitrogens is 2. The van der Waals surface area contributed by atoms with E-state index in [1.165, 1.54) is 11.7 Å². The van der Waals surface area contributed by atoms with E-state index in [-0.39, 0.29) is 5.25 Å². The molecule has 2 N–H and O–H groups in total. The van der Waals surface area contributed by atoms with Gasteiger partial charge in [-0.1, -0.05) is 12.5 Å². The molecular weight excluding hydrogens is 320 g/mol. The molecule has 1 heterocycles. The van der Waals surface area contributed by atoms with Gasteiger partial charge in [-0.05, 0) is 38.8 Å². The first-order valence-corrected chi connectivity index (χ1v) is 9.72. The molecule has 22 heavy (non-hydrogen) atoms. The molecule has 6 nitrogen and oxygen atoms in total. The molecule has 1 aromatic heterocycles. The van der Waals surface area contributed by atoms with E-state index in [9.17, 15) is 8.42 Å². The van der Waals surface area contributed by atoms with Crippen molar-refractivity contribution in [1.29, 1.82) is 0 Å². The van der Waals surface area contributed by atoms with Crippen molar-refractivity contribution < 1.29 is 8.42 Å². The van der Waals surface area contributed by atoms with E-state index < -0.39 is 10.0 Å². The van der Waals surface area contributed by atoms with Crippen molar-refractivity contribution in [2.75, 3.05) is 18.4 Å². The summed E-state index contributed by atoms with van der Waals surface area (Å²) < 4.78 is 34.3. The van der Waals surface area contributed by atoms with Crippen LogP contribution in [0.3, 0.4) is 0 Å². The molecule has 1 aromatic carbocycles. The zero-order valence-electron chi connectivity index (χ0n) is 12.9. The molecule has 0 saturated carbocycles. The molecule has 0 radical (unpaired) electrons. The summed E-state index contributed by atoms with van der Waals surface area (Å²) in [6.45, 7) is 4.71. The van der Waals surface area contributed by atoms with E-state index in [0.717, 1.165) is 42.5 Å². The summed E-state index contributed by atoms with van der Waals surface area (Å²) in [5, 5.41) is 2.99. The average molecular weight is 342 g/mol. The first kappa shape index (κ1) is 17.1. The van der Waals surface area contributed by atoms with Crippen molar-refractivity contribution in [3.05, 3.63) is 18.2 Å². The number of unbranched alkanes of at least 4 members (excludes halogenated alkanes) is 2. The molecular formula is C14H22N4O2S2. The van der Waals surface area contributed by atoms with Crippen LogP contribution in [0.4, 0.5) is 5.69 Å². The predicted octanol–water partition coefficient (Wildman–Crippen LogP) is 2.60. The number of nitrogens with zero attached hydrogens (tertiary/aromatic N) is 2. The molecule has 122 valence electrons. The van der Waals surface area contributed by atoms with Crippen LogP contribution < -0.4 is 10.0 Å². The van der Waals surface area contributed by atoms with Gasteiger partial charge in [-0.25, -0.2) is 13.1 Å². The van der Waals surface area contributed by atoms with Crippen LogP contribution in [0.1, 0.15) is 33.1 Å². The van der Waals surface area contributed by atoms with Gasteiger partial charge in [0, 0.05) is 13.1 Å². The minimum Gasteiger partial charge on any atom is -0.383 e. The smallest absolute Gasteiger partial charge is 0.213 e. The third-order valence-electron chi connectivity index (χ3n) is 3.38.